The monoisotopic (exact) mass is 202 g/mol. The number of rotatable bonds is 1. The first-order valence-corrected chi connectivity index (χ1v) is 5.79. The van der Waals surface area contributed by atoms with E-state index >= 15 is 0 Å². The Morgan fingerprint density at radius 3 is 3.15 bits per heavy atom. The lowest BCUT2D eigenvalue weighted by Crippen LogP contribution is -2.54. The van der Waals surface area contributed by atoms with Crippen LogP contribution in [0, 0.1) is 4.91 Å². The van der Waals surface area contributed by atoms with Crippen molar-refractivity contribution in [2.45, 2.75) is 24.6 Å². The molecule has 0 saturated carbocycles. The predicted molar refractivity (Wildman–Crippen MR) is 52.9 cm³/mol. The van der Waals surface area contributed by atoms with Gasteiger partial charge in [-0.2, -0.15) is 16.7 Å². The Morgan fingerprint density at radius 2 is 2.38 bits per heavy atom. The summed E-state index contributed by atoms with van der Waals surface area (Å²) in [6.07, 6.45) is 0.195. The molecular formula is C8H14N2O2S. The third-order valence-electron chi connectivity index (χ3n) is 2.86. The van der Waals surface area contributed by atoms with Crippen LogP contribution in [0.15, 0.2) is 5.18 Å². The second-order valence-electron chi connectivity index (χ2n) is 3.70. The van der Waals surface area contributed by atoms with E-state index in [2.05, 4.69) is 10.1 Å². The molecule has 4 nitrogen and oxygen atoms in total. The van der Waals surface area contributed by atoms with Gasteiger partial charge in [-0.3, -0.25) is 4.90 Å². The van der Waals surface area contributed by atoms with Crippen LogP contribution in [0.25, 0.3) is 0 Å². The third-order valence-corrected chi connectivity index (χ3v) is 3.96. The van der Waals surface area contributed by atoms with Gasteiger partial charge in [0.1, 0.15) is 6.04 Å². The summed E-state index contributed by atoms with van der Waals surface area (Å²) in [4.78, 5) is 12.7. The van der Waals surface area contributed by atoms with E-state index in [1.807, 2.05) is 11.8 Å². The second-order valence-corrected chi connectivity index (χ2v) is 4.85. The number of fused-ring (bicyclic) bond motifs is 1. The minimum atomic E-state index is -0.516. The smallest absolute Gasteiger partial charge is 0.130 e. The minimum absolute atomic E-state index is 0.403. The number of nitrogens with zero attached hydrogens (tertiary/aromatic N) is 2. The highest BCUT2D eigenvalue weighted by atomic mass is 32.2. The molecule has 13 heavy (non-hydrogen) atoms. The summed E-state index contributed by atoms with van der Waals surface area (Å²) >= 11 is 1.93. The zero-order chi connectivity index (χ0) is 9.26. The number of aliphatic hydroxyl groups excluding tert-OH is 1. The molecule has 1 N–H and O–H groups in total. The first-order valence-electron chi connectivity index (χ1n) is 4.63. The third kappa shape index (κ3) is 1.87. The van der Waals surface area contributed by atoms with Crippen molar-refractivity contribution in [3.05, 3.63) is 4.91 Å². The minimum Gasteiger partial charge on any atom is -0.391 e. The molecule has 2 aliphatic heterocycles. The Hall–Kier alpha value is -0.130. The fourth-order valence-corrected chi connectivity index (χ4v) is 3.20. The van der Waals surface area contributed by atoms with Crippen LogP contribution in [0.3, 0.4) is 0 Å². The second kappa shape index (κ2) is 3.94. The van der Waals surface area contributed by atoms with E-state index in [1.54, 1.807) is 0 Å². The lowest BCUT2D eigenvalue weighted by molar-refractivity contribution is 0.0338. The van der Waals surface area contributed by atoms with E-state index in [0.29, 0.717) is 19.0 Å². The number of aliphatic hydroxyl groups is 1. The van der Waals surface area contributed by atoms with Crippen molar-refractivity contribution in [1.29, 1.82) is 0 Å². The van der Waals surface area contributed by atoms with Gasteiger partial charge >= 0.3 is 0 Å². The molecule has 0 radical (unpaired) electrons. The number of piperidine rings is 1. The molecule has 0 amide bonds. The van der Waals surface area contributed by atoms with Gasteiger partial charge in [-0.1, -0.05) is 5.18 Å². The SMILES string of the molecule is O=N[C@@H]1CN2CCSCC2C[C@@H]1O. The molecule has 0 aromatic heterocycles. The first-order chi connectivity index (χ1) is 6.31. The number of hydrogen-bond donors (Lipinski definition) is 1. The van der Waals surface area contributed by atoms with E-state index in [9.17, 15) is 10.0 Å². The number of hydrogen-bond acceptors (Lipinski definition) is 5. The van der Waals surface area contributed by atoms with Gasteiger partial charge in [0.2, 0.25) is 0 Å². The zero-order valence-corrected chi connectivity index (χ0v) is 8.24. The normalized spacial score (nSPS) is 41.2. The molecule has 0 spiro atoms. The topological polar surface area (TPSA) is 52.9 Å². The molecule has 2 saturated heterocycles. The predicted octanol–water partition coefficient (Wildman–Crippen LogP) is 0.303. The van der Waals surface area contributed by atoms with Gasteiger partial charge in [-0.05, 0) is 6.42 Å². The van der Waals surface area contributed by atoms with Gasteiger partial charge in [0, 0.05) is 30.6 Å². The molecule has 0 aliphatic carbocycles. The van der Waals surface area contributed by atoms with Crippen molar-refractivity contribution >= 4 is 11.8 Å². The van der Waals surface area contributed by atoms with E-state index < -0.39 is 12.1 Å². The van der Waals surface area contributed by atoms with Gasteiger partial charge < -0.3 is 5.11 Å². The summed E-state index contributed by atoms with van der Waals surface area (Å²) in [7, 11) is 0. The van der Waals surface area contributed by atoms with E-state index in [1.165, 1.54) is 0 Å². The maximum absolute atomic E-state index is 10.4. The molecule has 2 aliphatic rings. The van der Waals surface area contributed by atoms with Crippen LogP contribution in [-0.4, -0.2) is 52.8 Å². The van der Waals surface area contributed by atoms with E-state index in [0.717, 1.165) is 18.1 Å². The quantitative estimate of drug-likeness (QED) is 0.621. The number of nitroso groups, excluding NO2 is 1. The van der Waals surface area contributed by atoms with Crippen LogP contribution in [0.5, 0.6) is 0 Å². The molecule has 3 atom stereocenters. The Bertz CT molecular complexity index is 203. The number of thioether (sulfide) groups is 1. The van der Waals surface area contributed by atoms with Gasteiger partial charge in [-0.15, -0.1) is 0 Å². The largest absolute Gasteiger partial charge is 0.391 e. The fourth-order valence-electron chi connectivity index (χ4n) is 2.05. The van der Waals surface area contributed by atoms with Gasteiger partial charge in [0.25, 0.3) is 0 Å². The highest BCUT2D eigenvalue weighted by Crippen LogP contribution is 2.26. The summed E-state index contributed by atoms with van der Waals surface area (Å²) in [6.45, 7) is 1.68. The Kier molecular flexibility index (Phi) is 2.86. The van der Waals surface area contributed by atoms with Crippen LogP contribution in [0.4, 0.5) is 0 Å². The summed E-state index contributed by atoms with van der Waals surface area (Å²) in [5.74, 6) is 2.22. The van der Waals surface area contributed by atoms with Crippen LogP contribution in [-0.2, 0) is 0 Å². The molecule has 5 heteroatoms. The maximum atomic E-state index is 10.4. The highest BCUT2D eigenvalue weighted by molar-refractivity contribution is 7.99. The van der Waals surface area contributed by atoms with Gasteiger partial charge in [0.15, 0.2) is 0 Å². The average Bonchev–Trinajstić information content (AvgIpc) is 2.17. The van der Waals surface area contributed by atoms with Crippen LogP contribution < -0.4 is 0 Å². The van der Waals surface area contributed by atoms with Crippen LogP contribution in [0.1, 0.15) is 6.42 Å². The molecule has 2 heterocycles. The summed E-state index contributed by atoms with van der Waals surface area (Å²) in [5, 5.41) is 12.5. The molecule has 0 bridgehead atoms. The first kappa shape index (κ1) is 9.43. The van der Waals surface area contributed by atoms with Gasteiger partial charge in [-0.25, -0.2) is 0 Å². The zero-order valence-electron chi connectivity index (χ0n) is 7.43. The lowest BCUT2D eigenvalue weighted by Gasteiger charge is -2.42. The van der Waals surface area contributed by atoms with Crippen molar-refractivity contribution < 1.29 is 5.11 Å². The van der Waals surface area contributed by atoms with Crippen molar-refractivity contribution in [3.63, 3.8) is 0 Å². The summed E-state index contributed by atoms with van der Waals surface area (Å²) in [6, 6.07) is 0.0612. The molecule has 74 valence electrons. The molecule has 0 aromatic rings. The van der Waals surface area contributed by atoms with Crippen molar-refractivity contribution in [2.75, 3.05) is 24.6 Å². The van der Waals surface area contributed by atoms with Crippen molar-refractivity contribution in [1.82, 2.24) is 4.90 Å². The van der Waals surface area contributed by atoms with E-state index in [4.69, 9.17) is 0 Å². The van der Waals surface area contributed by atoms with Crippen molar-refractivity contribution in [3.8, 4) is 0 Å². The highest BCUT2D eigenvalue weighted by Gasteiger charge is 2.36. The average molecular weight is 202 g/mol. The Labute approximate surface area is 81.7 Å². The molecule has 2 rings (SSSR count). The maximum Gasteiger partial charge on any atom is 0.130 e. The molecule has 2 fully saturated rings. The Balaban J connectivity index is 2.00. The van der Waals surface area contributed by atoms with Crippen LogP contribution in [0.2, 0.25) is 0 Å². The standard InChI is InChI=1S/C8H14N2O2S/c11-8-3-6-5-13-2-1-10(6)4-7(8)9-12/h6-8,11H,1-5H2/t6?,7-,8+/m1/s1. The van der Waals surface area contributed by atoms with Crippen molar-refractivity contribution in [2.24, 2.45) is 5.18 Å². The lowest BCUT2D eigenvalue weighted by atomic mass is 9.97. The molecular weight excluding hydrogens is 188 g/mol. The molecule has 0 aromatic carbocycles. The van der Waals surface area contributed by atoms with E-state index in [-0.39, 0.29) is 0 Å². The van der Waals surface area contributed by atoms with Crippen LogP contribution >= 0.6 is 11.8 Å². The summed E-state index contributed by atoms with van der Waals surface area (Å²) < 4.78 is 0. The molecule has 1 unspecified atom stereocenters. The summed E-state index contributed by atoms with van der Waals surface area (Å²) in [5.41, 5.74) is 0. The Morgan fingerprint density at radius 1 is 1.54 bits per heavy atom. The van der Waals surface area contributed by atoms with Gasteiger partial charge in [0.05, 0.1) is 6.10 Å². The fraction of sp³-hybridized carbons (Fsp3) is 1.00.